The highest BCUT2D eigenvalue weighted by molar-refractivity contribution is 7.17. The summed E-state index contributed by atoms with van der Waals surface area (Å²) in [5.41, 5.74) is 3.00. The number of nitrogens with one attached hydrogen (secondary N) is 1. The van der Waals surface area contributed by atoms with E-state index in [1.54, 1.807) is 14.0 Å². The quantitative estimate of drug-likeness (QED) is 0.414. The molecule has 0 saturated heterocycles. The molecule has 0 aliphatic heterocycles. The average molecular weight is 420 g/mol. The van der Waals surface area contributed by atoms with Crippen LogP contribution in [0.15, 0.2) is 60.0 Å². The number of hydrogen-bond acceptors (Lipinski definition) is 7. The van der Waals surface area contributed by atoms with E-state index in [2.05, 4.69) is 32.8 Å². The molecule has 2 aromatic heterocycles. The highest BCUT2D eigenvalue weighted by atomic mass is 32.1. The molecule has 0 bridgehead atoms. The first-order valence-electron chi connectivity index (χ1n) is 9.58. The Morgan fingerprint density at radius 1 is 1.07 bits per heavy atom. The minimum atomic E-state index is -0.341. The normalized spacial score (nSPS) is 10.7. The Morgan fingerprint density at radius 2 is 1.83 bits per heavy atom. The molecule has 2 heterocycles. The third kappa shape index (κ3) is 4.26. The van der Waals surface area contributed by atoms with Crippen LogP contribution in [0.25, 0.3) is 21.3 Å². The van der Waals surface area contributed by atoms with Gasteiger partial charge in [0.1, 0.15) is 28.6 Å². The zero-order chi connectivity index (χ0) is 20.9. The third-order valence-electron chi connectivity index (χ3n) is 4.53. The molecule has 6 nitrogen and oxygen atoms in total. The summed E-state index contributed by atoms with van der Waals surface area (Å²) in [7, 11) is 1.63. The Kier molecular flexibility index (Phi) is 5.90. The number of fused-ring (bicyclic) bond motifs is 1. The lowest BCUT2D eigenvalue weighted by molar-refractivity contribution is -0.142. The fourth-order valence-electron chi connectivity index (χ4n) is 3.14. The van der Waals surface area contributed by atoms with Crippen molar-refractivity contribution in [2.24, 2.45) is 0 Å². The highest BCUT2D eigenvalue weighted by Crippen LogP contribution is 2.38. The van der Waals surface area contributed by atoms with Crippen LogP contribution < -0.4 is 10.1 Å². The van der Waals surface area contributed by atoms with Gasteiger partial charge < -0.3 is 14.8 Å². The zero-order valence-corrected chi connectivity index (χ0v) is 17.5. The number of ether oxygens (including phenoxy) is 2. The third-order valence-corrected chi connectivity index (χ3v) is 5.40. The van der Waals surface area contributed by atoms with Gasteiger partial charge in [0.05, 0.1) is 19.1 Å². The van der Waals surface area contributed by atoms with Crippen molar-refractivity contribution in [1.29, 1.82) is 0 Å². The number of benzene rings is 2. The topological polar surface area (TPSA) is 73.3 Å². The van der Waals surface area contributed by atoms with Crippen LogP contribution >= 0.6 is 11.3 Å². The van der Waals surface area contributed by atoms with Crippen molar-refractivity contribution in [2.45, 2.75) is 13.3 Å². The molecular weight excluding hydrogens is 398 g/mol. The van der Waals surface area contributed by atoms with Gasteiger partial charge >= 0.3 is 5.97 Å². The number of carbonyl (C=O) groups excluding carboxylic acids is 1. The van der Waals surface area contributed by atoms with Gasteiger partial charge in [-0.15, -0.1) is 11.3 Å². The summed E-state index contributed by atoms with van der Waals surface area (Å²) in [5.74, 6) is 1.52. The minimum absolute atomic E-state index is 0.0274. The van der Waals surface area contributed by atoms with Gasteiger partial charge in [0.25, 0.3) is 0 Å². The van der Waals surface area contributed by atoms with Gasteiger partial charge in [0.2, 0.25) is 0 Å². The maximum Gasteiger partial charge on any atom is 0.313 e. The standard InChI is InChI=1S/C23H21N3O3S/c1-3-29-20(27)13-19-25-22(24-16-9-11-17(28-2)12-10-16)21-18(14-30-23(21)26-19)15-7-5-4-6-8-15/h4-12,14H,3,13H2,1-2H3,(H,24,25,26). The Bertz CT molecular complexity index is 1160. The Morgan fingerprint density at radius 3 is 2.53 bits per heavy atom. The fraction of sp³-hybridized carbons (Fsp3) is 0.174. The molecule has 0 spiro atoms. The van der Waals surface area contributed by atoms with E-state index in [-0.39, 0.29) is 12.4 Å². The summed E-state index contributed by atoms with van der Waals surface area (Å²) in [6.45, 7) is 2.11. The Balaban J connectivity index is 1.79. The van der Waals surface area contributed by atoms with Crippen molar-refractivity contribution < 1.29 is 14.3 Å². The number of methoxy groups -OCH3 is 1. The van der Waals surface area contributed by atoms with Crippen LogP contribution in [0.4, 0.5) is 11.5 Å². The number of anilines is 2. The molecule has 7 heteroatoms. The van der Waals surface area contributed by atoms with Gasteiger partial charge in [0, 0.05) is 16.6 Å². The van der Waals surface area contributed by atoms with Crippen LogP contribution in [0.3, 0.4) is 0 Å². The van der Waals surface area contributed by atoms with Crippen molar-refractivity contribution in [3.05, 3.63) is 65.8 Å². The molecule has 1 N–H and O–H groups in total. The molecule has 30 heavy (non-hydrogen) atoms. The van der Waals surface area contributed by atoms with E-state index in [1.807, 2.05) is 42.5 Å². The lowest BCUT2D eigenvalue weighted by Crippen LogP contribution is -2.11. The number of esters is 1. The number of rotatable bonds is 7. The molecule has 4 aromatic rings. The second kappa shape index (κ2) is 8.92. The second-order valence-electron chi connectivity index (χ2n) is 6.52. The van der Waals surface area contributed by atoms with Crippen LogP contribution in [0.2, 0.25) is 0 Å². The summed E-state index contributed by atoms with van der Waals surface area (Å²) in [6, 6.07) is 17.7. The molecule has 152 valence electrons. The average Bonchev–Trinajstić information content (AvgIpc) is 3.19. The molecule has 0 saturated carbocycles. The van der Waals surface area contributed by atoms with Gasteiger partial charge in [-0.25, -0.2) is 9.97 Å². The molecule has 0 aliphatic carbocycles. The lowest BCUT2D eigenvalue weighted by Gasteiger charge is -2.11. The van der Waals surface area contributed by atoms with Crippen LogP contribution in [0, 0.1) is 0 Å². The Hall–Kier alpha value is -3.45. The molecule has 0 amide bonds. The summed E-state index contributed by atoms with van der Waals surface area (Å²) >= 11 is 1.53. The highest BCUT2D eigenvalue weighted by Gasteiger charge is 2.17. The number of thiophene rings is 1. The van der Waals surface area contributed by atoms with Crippen molar-refractivity contribution in [3.63, 3.8) is 0 Å². The van der Waals surface area contributed by atoms with Crippen LogP contribution in [0.1, 0.15) is 12.7 Å². The smallest absolute Gasteiger partial charge is 0.313 e. The lowest BCUT2D eigenvalue weighted by atomic mass is 10.1. The minimum Gasteiger partial charge on any atom is -0.497 e. The van der Waals surface area contributed by atoms with Crippen LogP contribution in [-0.2, 0) is 16.0 Å². The van der Waals surface area contributed by atoms with Crippen molar-refractivity contribution in [1.82, 2.24) is 9.97 Å². The number of nitrogens with zero attached hydrogens (tertiary/aromatic N) is 2. The number of aromatic nitrogens is 2. The maximum atomic E-state index is 12.0. The van der Waals surface area contributed by atoms with Gasteiger partial charge in [-0.3, -0.25) is 4.79 Å². The SMILES string of the molecule is CCOC(=O)Cc1nc(Nc2ccc(OC)cc2)c2c(-c3ccccc3)csc2n1. The maximum absolute atomic E-state index is 12.0. The molecule has 0 aliphatic rings. The molecular formula is C23H21N3O3S. The summed E-state index contributed by atoms with van der Waals surface area (Å²) in [5, 5.41) is 6.39. The summed E-state index contributed by atoms with van der Waals surface area (Å²) < 4.78 is 10.3. The first-order chi connectivity index (χ1) is 14.7. The molecule has 2 aromatic carbocycles. The fourth-order valence-corrected chi connectivity index (χ4v) is 4.10. The van der Waals surface area contributed by atoms with Gasteiger partial charge in [0.15, 0.2) is 0 Å². The van der Waals surface area contributed by atoms with Crippen molar-refractivity contribution in [2.75, 3.05) is 19.0 Å². The van der Waals surface area contributed by atoms with Gasteiger partial charge in [-0.05, 0) is 36.8 Å². The van der Waals surface area contributed by atoms with E-state index in [0.717, 1.165) is 32.8 Å². The summed E-state index contributed by atoms with van der Waals surface area (Å²) in [6.07, 6.45) is 0.0274. The monoisotopic (exact) mass is 419 g/mol. The molecule has 4 rings (SSSR count). The molecule has 0 unspecified atom stereocenters. The largest absolute Gasteiger partial charge is 0.497 e. The van der Waals surface area contributed by atoms with Gasteiger partial charge in [-0.2, -0.15) is 0 Å². The number of carbonyl (C=O) groups is 1. The molecule has 0 fully saturated rings. The Labute approximate surface area is 178 Å². The van der Waals surface area contributed by atoms with Gasteiger partial charge in [-0.1, -0.05) is 30.3 Å². The molecule has 0 radical (unpaired) electrons. The number of hydrogen-bond donors (Lipinski definition) is 1. The van der Waals surface area contributed by atoms with E-state index in [1.165, 1.54) is 11.3 Å². The molecule has 0 atom stereocenters. The first kappa shape index (κ1) is 19.8. The van der Waals surface area contributed by atoms with E-state index in [9.17, 15) is 4.79 Å². The zero-order valence-electron chi connectivity index (χ0n) is 16.7. The van der Waals surface area contributed by atoms with E-state index >= 15 is 0 Å². The first-order valence-corrected chi connectivity index (χ1v) is 10.5. The van der Waals surface area contributed by atoms with Crippen LogP contribution in [-0.4, -0.2) is 29.7 Å². The van der Waals surface area contributed by atoms with Crippen LogP contribution in [0.5, 0.6) is 5.75 Å². The van der Waals surface area contributed by atoms with E-state index < -0.39 is 0 Å². The van der Waals surface area contributed by atoms with Crippen molar-refractivity contribution >= 4 is 39.0 Å². The predicted molar refractivity (Wildman–Crippen MR) is 119 cm³/mol. The second-order valence-corrected chi connectivity index (χ2v) is 7.38. The van der Waals surface area contributed by atoms with E-state index in [4.69, 9.17) is 9.47 Å². The van der Waals surface area contributed by atoms with Crippen molar-refractivity contribution in [3.8, 4) is 16.9 Å². The summed E-state index contributed by atoms with van der Waals surface area (Å²) in [4.78, 5) is 22.1. The predicted octanol–water partition coefficient (Wildman–Crippen LogP) is 5.22. The van der Waals surface area contributed by atoms with E-state index in [0.29, 0.717) is 18.2 Å².